The van der Waals surface area contributed by atoms with Crippen molar-refractivity contribution in [3.63, 3.8) is 0 Å². The van der Waals surface area contributed by atoms with Crippen molar-refractivity contribution in [3.05, 3.63) is 0 Å². The van der Waals surface area contributed by atoms with E-state index in [1.807, 2.05) is 0 Å². The smallest absolute Gasteiger partial charge is 0.382 e. The SMILES string of the molecule is OC(CN1CCN(C2CC2)CC1)C(F)(F)F. The fraction of sp³-hybridized carbons (Fsp3) is 1.00. The average molecular weight is 238 g/mol. The number of aliphatic hydroxyl groups excluding tert-OH is 1. The Kier molecular flexibility index (Phi) is 3.42. The van der Waals surface area contributed by atoms with Crippen LogP contribution < -0.4 is 0 Å². The van der Waals surface area contributed by atoms with E-state index < -0.39 is 12.3 Å². The summed E-state index contributed by atoms with van der Waals surface area (Å²) >= 11 is 0. The van der Waals surface area contributed by atoms with Gasteiger partial charge in [-0.2, -0.15) is 13.2 Å². The number of β-amino-alcohol motifs (C(OH)–C–C–N with tert-alkyl or cyclic N) is 1. The van der Waals surface area contributed by atoms with Crippen LogP contribution in [-0.4, -0.2) is 66.0 Å². The van der Waals surface area contributed by atoms with Crippen LogP contribution in [0.15, 0.2) is 0 Å². The summed E-state index contributed by atoms with van der Waals surface area (Å²) in [4.78, 5) is 4.02. The molecule has 3 nitrogen and oxygen atoms in total. The molecule has 1 atom stereocenters. The van der Waals surface area contributed by atoms with E-state index >= 15 is 0 Å². The summed E-state index contributed by atoms with van der Waals surface area (Å²) in [7, 11) is 0. The molecule has 0 aromatic heterocycles. The van der Waals surface area contributed by atoms with Crippen molar-refractivity contribution in [3.8, 4) is 0 Å². The van der Waals surface area contributed by atoms with E-state index in [0.29, 0.717) is 19.1 Å². The average Bonchev–Trinajstić information content (AvgIpc) is 3.01. The van der Waals surface area contributed by atoms with Gasteiger partial charge in [-0.25, -0.2) is 0 Å². The minimum atomic E-state index is -4.49. The maximum Gasteiger partial charge on any atom is 0.415 e. The van der Waals surface area contributed by atoms with Crippen LogP contribution in [0.25, 0.3) is 0 Å². The number of piperazine rings is 1. The predicted octanol–water partition coefficient (Wildman–Crippen LogP) is 0.690. The second kappa shape index (κ2) is 4.50. The van der Waals surface area contributed by atoms with Gasteiger partial charge in [-0.3, -0.25) is 9.80 Å². The highest BCUT2D eigenvalue weighted by molar-refractivity contribution is 4.88. The predicted molar refractivity (Wildman–Crippen MR) is 53.1 cm³/mol. The minimum Gasteiger partial charge on any atom is -0.382 e. The lowest BCUT2D eigenvalue weighted by atomic mass is 10.2. The Morgan fingerprint density at radius 1 is 1.12 bits per heavy atom. The Morgan fingerprint density at radius 3 is 2.12 bits per heavy atom. The molecule has 2 aliphatic rings. The van der Waals surface area contributed by atoms with Crippen molar-refractivity contribution in [1.82, 2.24) is 9.80 Å². The van der Waals surface area contributed by atoms with Gasteiger partial charge in [0, 0.05) is 38.8 Å². The number of hydrogen-bond acceptors (Lipinski definition) is 3. The fourth-order valence-electron chi connectivity index (χ4n) is 2.10. The van der Waals surface area contributed by atoms with Crippen molar-refractivity contribution >= 4 is 0 Å². The summed E-state index contributed by atoms with van der Waals surface area (Å²) in [6.45, 7) is 2.62. The van der Waals surface area contributed by atoms with Gasteiger partial charge in [0.05, 0.1) is 0 Å². The van der Waals surface area contributed by atoms with Crippen molar-refractivity contribution in [2.45, 2.75) is 31.2 Å². The lowest BCUT2D eigenvalue weighted by Gasteiger charge is -2.35. The van der Waals surface area contributed by atoms with Gasteiger partial charge >= 0.3 is 6.18 Å². The Hall–Kier alpha value is -0.330. The molecule has 0 aromatic carbocycles. The van der Waals surface area contributed by atoms with Crippen LogP contribution >= 0.6 is 0 Å². The van der Waals surface area contributed by atoms with Gasteiger partial charge in [0.15, 0.2) is 6.10 Å². The minimum absolute atomic E-state index is 0.290. The zero-order valence-corrected chi connectivity index (χ0v) is 9.08. The first-order valence-corrected chi connectivity index (χ1v) is 5.68. The Morgan fingerprint density at radius 2 is 1.69 bits per heavy atom. The molecule has 16 heavy (non-hydrogen) atoms. The monoisotopic (exact) mass is 238 g/mol. The molecule has 0 bridgehead atoms. The van der Waals surface area contributed by atoms with E-state index in [1.54, 1.807) is 4.90 Å². The molecule has 6 heteroatoms. The fourth-order valence-corrected chi connectivity index (χ4v) is 2.10. The second-order valence-corrected chi connectivity index (χ2v) is 4.63. The molecule has 2 fully saturated rings. The number of halogens is 3. The van der Waals surface area contributed by atoms with Crippen LogP contribution in [0.4, 0.5) is 13.2 Å². The summed E-state index contributed by atoms with van der Waals surface area (Å²) in [5.74, 6) is 0. The van der Waals surface area contributed by atoms with Crippen LogP contribution in [0, 0.1) is 0 Å². The molecule has 0 amide bonds. The number of rotatable bonds is 3. The number of aliphatic hydroxyl groups is 1. The summed E-state index contributed by atoms with van der Waals surface area (Å²) in [6, 6.07) is 0.676. The van der Waals surface area contributed by atoms with Crippen LogP contribution in [0.1, 0.15) is 12.8 Å². The highest BCUT2D eigenvalue weighted by Crippen LogP contribution is 2.28. The molecular formula is C10H17F3N2O. The first-order valence-electron chi connectivity index (χ1n) is 5.68. The van der Waals surface area contributed by atoms with Gasteiger partial charge in [0.2, 0.25) is 0 Å². The standard InChI is InChI=1S/C10H17F3N2O/c11-10(12,13)9(16)7-14-3-5-15(6-4-14)8-1-2-8/h8-9,16H,1-7H2. The zero-order chi connectivity index (χ0) is 11.8. The lowest BCUT2D eigenvalue weighted by molar-refractivity contribution is -0.209. The maximum atomic E-state index is 12.1. The third kappa shape index (κ3) is 3.09. The molecule has 0 spiro atoms. The van der Waals surface area contributed by atoms with Gasteiger partial charge in [0.25, 0.3) is 0 Å². The van der Waals surface area contributed by atoms with Gasteiger partial charge < -0.3 is 5.11 Å². The quantitative estimate of drug-likeness (QED) is 0.783. The molecule has 1 saturated carbocycles. The first kappa shape index (κ1) is 12.1. The Labute approximate surface area is 92.8 Å². The Bertz CT molecular complexity index is 235. The van der Waals surface area contributed by atoms with E-state index in [4.69, 9.17) is 5.11 Å². The van der Waals surface area contributed by atoms with E-state index in [0.717, 1.165) is 13.1 Å². The maximum absolute atomic E-state index is 12.1. The highest BCUT2D eigenvalue weighted by Gasteiger charge is 2.40. The van der Waals surface area contributed by atoms with Gasteiger partial charge in [-0.15, -0.1) is 0 Å². The molecule has 1 aliphatic heterocycles. The van der Waals surface area contributed by atoms with Crippen molar-refractivity contribution in [2.24, 2.45) is 0 Å². The molecule has 0 radical (unpaired) electrons. The molecular weight excluding hydrogens is 221 g/mol. The largest absolute Gasteiger partial charge is 0.415 e. The van der Waals surface area contributed by atoms with Gasteiger partial charge in [-0.1, -0.05) is 0 Å². The molecule has 0 aromatic rings. The second-order valence-electron chi connectivity index (χ2n) is 4.63. The number of alkyl halides is 3. The van der Waals surface area contributed by atoms with Crippen molar-refractivity contribution in [1.29, 1.82) is 0 Å². The summed E-state index contributed by atoms with van der Waals surface area (Å²) < 4.78 is 36.4. The van der Waals surface area contributed by atoms with Crippen molar-refractivity contribution in [2.75, 3.05) is 32.7 Å². The molecule has 1 heterocycles. The molecule has 1 unspecified atom stereocenters. The van der Waals surface area contributed by atoms with Crippen LogP contribution in [0.2, 0.25) is 0 Å². The normalized spacial score (nSPS) is 27.0. The number of nitrogens with zero attached hydrogens (tertiary/aromatic N) is 2. The molecule has 1 saturated heterocycles. The molecule has 1 aliphatic carbocycles. The van der Waals surface area contributed by atoms with Gasteiger partial charge in [0.1, 0.15) is 0 Å². The van der Waals surface area contributed by atoms with E-state index in [9.17, 15) is 13.2 Å². The highest BCUT2D eigenvalue weighted by atomic mass is 19.4. The Balaban J connectivity index is 1.72. The molecule has 1 N–H and O–H groups in total. The van der Waals surface area contributed by atoms with Crippen LogP contribution in [0.5, 0.6) is 0 Å². The summed E-state index contributed by atoms with van der Waals surface area (Å²) in [6.07, 6.45) is -4.25. The topological polar surface area (TPSA) is 26.7 Å². The number of hydrogen-bond donors (Lipinski definition) is 1. The third-order valence-electron chi connectivity index (χ3n) is 3.28. The van der Waals surface area contributed by atoms with Crippen LogP contribution in [-0.2, 0) is 0 Å². The van der Waals surface area contributed by atoms with Crippen molar-refractivity contribution < 1.29 is 18.3 Å². The van der Waals surface area contributed by atoms with E-state index in [1.165, 1.54) is 12.8 Å². The summed E-state index contributed by atoms with van der Waals surface area (Å²) in [5, 5.41) is 8.95. The van der Waals surface area contributed by atoms with E-state index in [2.05, 4.69) is 4.90 Å². The molecule has 94 valence electrons. The lowest BCUT2D eigenvalue weighted by Crippen LogP contribution is -2.51. The first-order chi connectivity index (χ1) is 7.47. The third-order valence-corrected chi connectivity index (χ3v) is 3.28. The zero-order valence-electron chi connectivity index (χ0n) is 9.08. The summed E-state index contributed by atoms with van der Waals surface area (Å²) in [5.41, 5.74) is 0. The van der Waals surface area contributed by atoms with Gasteiger partial charge in [-0.05, 0) is 12.8 Å². The van der Waals surface area contributed by atoms with E-state index in [-0.39, 0.29) is 6.54 Å². The van der Waals surface area contributed by atoms with Crippen LogP contribution in [0.3, 0.4) is 0 Å². The molecule has 2 rings (SSSR count).